The Bertz CT molecular complexity index is 470. The molecule has 0 amide bonds. The number of halogens is 3. The molecule has 0 atom stereocenters. The van der Waals surface area contributed by atoms with Crippen LogP contribution in [0.4, 0.5) is 19.0 Å². The van der Waals surface area contributed by atoms with Gasteiger partial charge in [-0.3, -0.25) is 4.79 Å². The predicted molar refractivity (Wildman–Crippen MR) is 73.0 cm³/mol. The van der Waals surface area contributed by atoms with Crippen LogP contribution in [0.3, 0.4) is 0 Å². The molecule has 2 N–H and O–H groups in total. The van der Waals surface area contributed by atoms with E-state index >= 15 is 0 Å². The minimum atomic E-state index is -4.38. The first kappa shape index (κ1) is 17.3. The number of carboxylic acids is 1. The van der Waals surface area contributed by atoms with E-state index in [0.717, 1.165) is 12.3 Å². The van der Waals surface area contributed by atoms with Crippen molar-refractivity contribution in [3.63, 3.8) is 0 Å². The molecule has 1 aromatic heterocycles. The van der Waals surface area contributed by atoms with Crippen LogP contribution in [0.25, 0.3) is 0 Å². The van der Waals surface area contributed by atoms with Gasteiger partial charge in [-0.1, -0.05) is 13.8 Å². The van der Waals surface area contributed by atoms with E-state index in [9.17, 15) is 18.0 Å². The summed E-state index contributed by atoms with van der Waals surface area (Å²) < 4.78 is 37.1. The summed E-state index contributed by atoms with van der Waals surface area (Å²) in [6, 6.07) is 2.26. The van der Waals surface area contributed by atoms with E-state index in [0.29, 0.717) is 25.2 Å². The minimum absolute atomic E-state index is 0.103. The second kappa shape index (κ2) is 6.78. The van der Waals surface area contributed by atoms with Gasteiger partial charge in [0.25, 0.3) is 0 Å². The van der Waals surface area contributed by atoms with Crippen molar-refractivity contribution in [1.82, 2.24) is 4.98 Å². The van der Waals surface area contributed by atoms with Crippen LogP contribution in [0.5, 0.6) is 0 Å². The Kier molecular flexibility index (Phi) is 5.57. The summed E-state index contributed by atoms with van der Waals surface area (Å²) in [5.41, 5.74) is -0.938. The highest BCUT2D eigenvalue weighted by Crippen LogP contribution is 2.29. The van der Waals surface area contributed by atoms with Gasteiger partial charge in [0.15, 0.2) is 0 Å². The third kappa shape index (κ3) is 6.46. The summed E-state index contributed by atoms with van der Waals surface area (Å²) >= 11 is 0. The van der Waals surface area contributed by atoms with E-state index in [4.69, 9.17) is 5.11 Å². The van der Waals surface area contributed by atoms with Crippen molar-refractivity contribution in [2.45, 2.75) is 39.3 Å². The number of hydrogen-bond acceptors (Lipinski definition) is 3. The molecule has 0 unspecified atom stereocenters. The summed E-state index contributed by atoms with van der Waals surface area (Å²) in [4.78, 5) is 14.3. The maximum atomic E-state index is 12.4. The van der Waals surface area contributed by atoms with Gasteiger partial charge in [0.2, 0.25) is 0 Å². The molecule has 0 aromatic carbocycles. The molecule has 21 heavy (non-hydrogen) atoms. The Morgan fingerprint density at radius 3 is 2.43 bits per heavy atom. The molecule has 0 bridgehead atoms. The first-order valence-electron chi connectivity index (χ1n) is 6.59. The Labute approximate surface area is 121 Å². The molecule has 0 spiro atoms. The topological polar surface area (TPSA) is 62.2 Å². The van der Waals surface area contributed by atoms with Gasteiger partial charge in [-0.15, -0.1) is 0 Å². The van der Waals surface area contributed by atoms with Gasteiger partial charge in [0, 0.05) is 19.2 Å². The lowest BCUT2D eigenvalue weighted by Gasteiger charge is -2.24. The number of anilines is 1. The molecular weight excluding hydrogens is 285 g/mol. The van der Waals surface area contributed by atoms with Gasteiger partial charge < -0.3 is 10.4 Å². The van der Waals surface area contributed by atoms with Crippen LogP contribution >= 0.6 is 0 Å². The number of nitrogens with one attached hydrogen (secondary N) is 1. The van der Waals surface area contributed by atoms with Crippen LogP contribution in [-0.2, 0) is 11.0 Å². The lowest BCUT2D eigenvalue weighted by Crippen LogP contribution is -2.18. The molecule has 0 aliphatic heterocycles. The molecule has 0 aliphatic carbocycles. The number of aromatic nitrogens is 1. The summed E-state index contributed by atoms with van der Waals surface area (Å²) in [5.74, 6) is -0.461. The van der Waals surface area contributed by atoms with E-state index in [1.165, 1.54) is 6.07 Å². The Morgan fingerprint density at radius 1 is 1.29 bits per heavy atom. The third-order valence-electron chi connectivity index (χ3n) is 3.21. The monoisotopic (exact) mass is 304 g/mol. The summed E-state index contributed by atoms with van der Waals surface area (Å²) in [7, 11) is 0. The molecule has 4 nitrogen and oxygen atoms in total. The number of alkyl halides is 3. The van der Waals surface area contributed by atoms with Crippen molar-refractivity contribution in [3.05, 3.63) is 23.9 Å². The van der Waals surface area contributed by atoms with E-state index < -0.39 is 17.7 Å². The van der Waals surface area contributed by atoms with Crippen molar-refractivity contribution < 1.29 is 23.1 Å². The lowest BCUT2D eigenvalue weighted by molar-refractivity contribution is -0.138. The van der Waals surface area contributed by atoms with Crippen molar-refractivity contribution in [2.75, 3.05) is 11.9 Å². The number of carbonyl (C=O) groups is 1. The second-order valence-electron chi connectivity index (χ2n) is 5.66. The predicted octanol–water partition coefficient (Wildman–Crippen LogP) is 3.79. The maximum Gasteiger partial charge on any atom is 0.417 e. The highest BCUT2D eigenvalue weighted by atomic mass is 19.4. The molecule has 1 rings (SSSR count). The molecule has 0 saturated carbocycles. The minimum Gasteiger partial charge on any atom is -0.481 e. The van der Waals surface area contributed by atoms with Gasteiger partial charge in [0.1, 0.15) is 5.82 Å². The molecule has 0 radical (unpaired) electrons. The first-order valence-corrected chi connectivity index (χ1v) is 6.59. The molecule has 1 aromatic rings. The van der Waals surface area contributed by atoms with Crippen molar-refractivity contribution in [2.24, 2.45) is 5.41 Å². The zero-order valence-corrected chi connectivity index (χ0v) is 12.0. The number of carboxylic acid groups (broad SMARTS) is 1. The van der Waals surface area contributed by atoms with Gasteiger partial charge in [-0.25, -0.2) is 4.98 Å². The smallest absolute Gasteiger partial charge is 0.417 e. The zero-order valence-electron chi connectivity index (χ0n) is 12.0. The summed E-state index contributed by atoms with van der Waals surface area (Å²) in [6.07, 6.45) is -2.25. The van der Waals surface area contributed by atoms with Crippen LogP contribution in [0.2, 0.25) is 0 Å². The average Bonchev–Trinajstić information content (AvgIpc) is 2.36. The molecule has 0 aliphatic rings. The second-order valence-corrected chi connectivity index (χ2v) is 5.66. The van der Waals surface area contributed by atoms with Gasteiger partial charge in [-0.2, -0.15) is 13.2 Å². The number of pyridine rings is 1. The normalized spacial score (nSPS) is 12.2. The Morgan fingerprint density at radius 2 is 1.95 bits per heavy atom. The first-order chi connectivity index (χ1) is 9.60. The SMILES string of the molecule is CC(C)(CCNc1ccc(C(F)(F)F)cn1)CCC(=O)O. The average molecular weight is 304 g/mol. The van der Waals surface area contributed by atoms with Crippen LogP contribution in [0.15, 0.2) is 18.3 Å². The summed E-state index contributed by atoms with van der Waals surface area (Å²) in [5, 5.41) is 11.6. The summed E-state index contributed by atoms with van der Waals surface area (Å²) in [6.45, 7) is 4.43. The van der Waals surface area contributed by atoms with Crippen molar-refractivity contribution in [1.29, 1.82) is 0 Å². The van der Waals surface area contributed by atoms with E-state index in [-0.39, 0.29) is 11.8 Å². The van der Waals surface area contributed by atoms with Gasteiger partial charge in [0.05, 0.1) is 5.56 Å². The van der Waals surface area contributed by atoms with Crippen molar-refractivity contribution in [3.8, 4) is 0 Å². The van der Waals surface area contributed by atoms with E-state index in [2.05, 4.69) is 10.3 Å². The number of hydrogen-bond donors (Lipinski definition) is 2. The van der Waals surface area contributed by atoms with Gasteiger partial charge in [-0.05, 0) is 30.4 Å². The van der Waals surface area contributed by atoms with E-state index in [1.54, 1.807) is 0 Å². The third-order valence-corrected chi connectivity index (χ3v) is 3.21. The highest BCUT2D eigenvalue weighted by Gasteiger charge is 2.30. The lowest BCUT2D eigenvalue weighted by atomic mass is 9.84. The largest absolute Gasteiger partial charge is 0.481 e. The number of rotatable bonds is 7. The van der Waals surface area contributed by atoms with Crippen LogP contribution in [0, 0.1) is 5.41 Å². The highest BCUT2D eigenvalue weighted by molar-refractivity contribution is 5.66. The molecular formula is C14H19F3N2O2. The number of aliphatic carboxylic acids is 1. The molecule has 0 fully saturated rings. The van der Waals surface area contributed by atoms with Crippen LogP contribution in [0.1, 0.15) is 38.7 Å². The number of nitrogens with zero attached hydrogens (tertiary/aromatic N) is 1. The zero-order chi connectivity index (χ0) is 16.1. The Balaban J connectivity index is 2.43. The molecule has 118 valence electrons. The van der Waals surface area contributed by atoms with Crippen LogP contribution < -0.4 is 5.32 Å². The van der Waals surface area contributed by atoms with Crippen molar-refractivity contribution >= 4 is 11.8 Å². The standard InChI is InChI=1S/C14H19F3N2O2/c1-13(2,6-5-12(20)21)7-8-18-11-4-3-10(9-19-11)14(15,16)17/h3-4,9H,5-8H2,1-2H3,(H,18,19)(H,20,21). The van der Waals surface area contributed by atoms with Crippen LogP contribution in [-0.4, -0.2) is 22.6 Å². The Hall–Kier alpha value is -1.79. The maximum absolute atomic E-state index is 12.4. The van der Waals surface area contributed by atoms with Gasteiger partial charge >= 0.3 is 12.1 Å². The fourth-order valence-electron chi connectivity index (χ4n) is 1.77. The fourth-order valence-corrected chi connectivity index (χ4v) is 1.77. The van der Waals surface area contributed by atoms with E-state index in [1.807, 2.05) is 13.8 Å². The molecule has 1 heterocycles. The molecule has 7 heteroatoms. The quantitative estimate of drug-likeness (QED) is 0.804. The molecule has 0 saturated heterocycles. The fraction of sp³-hybridized carbons (Fsp3) is 0.571.